The van der Waals surface area contributed by atoms with Crippen molar-refractivity contribution in [3.8, 4) is 0 Å². The van der Waals surface area contributed by atoms with Gasteiger partial charge in [0.15, 0.2) is 5.82 Å². The number of aliphatic hydroxyl groups excluding tert-OH is 1. The Bertz CT molecular complexity index is 522. The lowest BCUT2D eigenvalue weighted by Gasteiger charge is -2.14. The van der Waals surface area contributed by atoms with E-state index >= 15 is 0 Å². The molecular formula is C13H20N4O4S. The Morgan fingerprint density at radius 3 is 2.95 bits per heavy atom. The zero-order valence-electron chi connectivity index (χ0n) is 12.1. The van der Waals surface area contributed by atoms with E-state index in [0.29, 0.717) is 6.54 Å². The van der Waals surface area contributed by atoms with E-state index in [9.17, 15) is 14.7 Å². The highest BCUT2D eigenvalue weighted by molar-refractivity contribution is 7.04. The molecule has 0 saturated carbocycles. The highest BCUT2D eigenvalue weighted by atomic mass is 32.1. The molecule has 0 bridgehead atoms. The van der Waals surface area contributed by atoms with Crippen LogP contribution in [0.3, 0.4) is 0 Å². The molecule has 1 aliphatic rings. The van der Waals surface area contributed by atoms with Crippen molar-refractivity contribution >= 4 is 29.4 Å². The number of urea groups is 1. The number of rotatable bonds is 7. The van der Waals surface area contributed by atoms with Gasteiger partial charge in [-0.2, -0.15) is 4.37 Å². The molecule has 0 spiro atoms. The molecule has 2 amide bonds. The molecule has 2 heterocycles. The second kappa shape index (κ2) is 8.06. The van der Waals surface area contributed by atoms with Crippen molar-refractivity contribution in [2.24, 2.45) is 0 Å². The lowest BCUT2D eigenvalue weighted by molar-refractivity contribution is 0.0698. The number of likely N-dealkylation sites (tertiary alicyclic amines) is 1. The molecule has 1 atom stereocenters. The smallest absolute Gasteiger partial charge is 0.340 e. The highest BCUT2D eigenvalue weighted by Crippen LogP contribution is 2.15. The molecule has 1 fully saturated rings. The summed E-state index contributed by atoms with van der Waals surface area (Å²) in [6.07, 6.45) is 2.39. The van der Waals surface area contributed by atoms with Crippen molar-refractivity contribution in [1.29, 1.82) is 0 Å². The predicted molar refractivity (Wildman–Crippen MR) is 82.4 cm³/mol. The summed E-state index contributed by atoms with van der Waals surface area (Å²) in [4.78, 5) is 24.7. The van der Waals surface area contributed by atoms with Crippen LogP contribution in [-0.4, -0.2) is 63.8 Å². The topological polar surface area (TPSA) is 115 Å². The lowest BCUT2D eigenvalue weighted by atomic mass is 10.3. The molecule has 1 aromatic heterocycles. The summed E-state index contributed by atoms with van der Waals surface area (Å²) < 4.78 is 3.84. The molecule has 1 saturated heterocycles. The van der Waals surface area contributed by atoms with Crippen LogP contribution in [0.2, 0.25) is 0 Å². The van der Waals surface area contributed by atoms with Crippen LogP contribution in [0.5, 0.6) is 0 Å². The molecule has 2 rings (SSSR count). The van der Waals surface area contributed by atoms with E-state index in [1.165, 1.54) is 5.38 Å². The van der Waals surface area contributed by atoms with Crippen molar-refractivity contribution in [2.75, 3.05) is 31.5 Å². The third-order valence-electron chi connectivity index (χ3n) is 3.47. The summed E-state index contributed by atoms with van der Waals surface area (Å²) in [6, 6.07) is -0.454. The normalized spacial score (nSPS) is 18.3. The molecule has 0 aromatic carbocycles. The second-order valence-electron chi connectivity index (χ2n) is 5.21. The first-order chi connectivity index (χ1) is 10.6. The highest BCUT2D eigenvalue weighted by Gasteiger charge is 2.19. The molecule has 8 nitrogen and oxygen atoms in total. The van der Waals surface area contributed by atoms with Crippen LogP contribution in [0.4, 0.5) is 10.6 Å². The van der Waals surface area contributed by atoms with E-state index in [4.69, 9.17) is 5.11 Å². The summed E-state index contributed by atoms with van der Waals surface area (Å²) in [5.41, 5.74) is -0.00672. The molecular weight excluding hydrogens is 308 g/mol. The fourth-order valence-corrected chi connectivity index (χ4v) is 2.93. The monoisotopic (exact) mass is 328 g/mol. The minimum atomic E-state index is -1.11. The molecule has 122 valence electrons. The maximum atomic E-state index is 11.7. The van der Waals surface area contributed by atoms with Gasteiger partial charge in [0.1, 0.15) is 5.56 Å². The summed E-state index contributed by atoms with van der Waals surface area (Å²) >= 11 is 0.983. The summed E-state index contributed by atoms with van der Waals surface area (Å²) in [6.45, 7) is 3.08. The molecule has 1 aliphatic heterocycles. The Kier molecular flexibility index (Phi) is 6.10. The number of carbonyl (C=O) groups excluding carboxylic acids is 1. The molecule has 1 aromatic rings. The van der Waals surface area contributed by atoms with Crippen LogP contribution in [-0.2, 0) is 0 Å². The number of hydrogen-bond donors (Lipinski definition) is 4. The number of amides is 2. The fraction of sp³-hybridized carbons (Fsp3) is 0.615. The Hall–Kier alpha value is -1.71. The van der Waals surface area contributed by atoms with Crippen molar-refractivity contribution in [3.63, 3.8) is 0 Å². The largest absolute Gasteiger partial charge is 0.478 e. The van der Waals surface area contributed by atoms with Crippen LogP contribution >= 0.6 is 11.5 Å². The molecule has 22 heavy (non-hydrogen) atoms. The predicted octanol–water partition coefficient (Wildman–Crippen LogP) is 0.810. The van der Waals surface area contributed by atoms with E-state index < -0.39 is 12.0 Å². The summed E-state index contributed by atoms with van der Waals surface area (Å²) in [5, 5.41) is 24.8. The number of aliphatic hydroxyl groups is 1. The first-order valence-electron chi connectivity index (χ1n) is 7.19. The van der Waals surface area contributed by atoms with Crippen LogP contribution in [0, 0.1) is 0 Å². The number of carboxylic acid groups (broad SMARTS) is 1. The van der Waals surface area contributed by atoms with E-state index in [-0.39, 0.29) is 17.5 Å². The standard InChI is InChI=1S/C13H20N4O4S/c18-9-3-6-17(7-9)5-2-1-4-14-13(21)15-11-10(12(19)20)8-22-16-11/h8-9,18H,1-7H2,(H,19,20)(H2,14,15,16,21). The third kappa shape index (κ3) is 4.93. The van der Waals surface area contributed by atoms with E-state index in [1.807, 2.05) is 0 Å². The van der Waals surface area contributed by atoms with Crippen LogP contribution in [0.1, 0.15) is 29.6 Å². The van der Waals surface area contributed by atoms with E-state index in [1.54, 1.807) is 0 Å². The van der Waals surface area contributed by atoms with Gasteiger partial charge in [-0.25, -0.2) is 9.59 Å². The first-order valence-corrected chi connectivity index (χ1v) is 8.03. The summed E-state index contributed by atoms with van der Waals surface area (Å²) in [7, 11) is 0. The van der Waals surface area contributed by atoms with Gasteiger partial charge in [-0.05, 0) is 37.3 Å². The number of carboxylic acids is 1. The van der Waals surface area contributed by atoms with Gasteiger partial charge < -0.3 is 20.4 Å². The maximum absolute atomic E-state index is 11.7. The molecule has 9 heteroatoms. The van der Waals surface area contributed by atoms with Gasteiger partial charge in [0.25, 0.3) is 0 Å². The van der Waals surface area contributed by atoms with E-state index in [2.05, 4.69) is 19.9 Å². The number of aromatic nitrogens is 1. The van der Waals surface area contributed by atoms with Crippen molar-refractivity contribution in [2.45, 2.75) is 25.4 Å². The zero-order valence-corrected chi connectivity index (χ0v) is 12.9. The first kappa shape index (κ1) is 16.7. The number of β-amino-alcohol motifs (C(OH)–C–C–N with tert-alkyl or cyclic N) is 1. The van der Waals surface area contributed by atoms with Crippen molar-refractivity contribution < 1.29 is 19.8 Å². The van der Waals surface area contributed by atoms with Gasteiger partial charge in [0, 0.05) is 25.0 Å². The molecule has 0 aliphatic carbocycles. The number of nitrogens with zero attached hydrogens (tertiary/aromatic N) is 2. The number of aromatic carboxylic acids is 1. The van der Waals surface area contributed by atoms with Crippen LogP contribution in [0.15, 0.2) is 5.38 Å². The number of carbonyl (C=O) groups is 2. The molecule has 0 radical (unpaired) electrons. The Morgan fingerprint density at radius 1 is 1.45 bits per heavy atom. The average molecular weight is 328 g/mol. The lowest BCUT2D eigenvalue weighted by Crippen LogP contribution is -2.31. The molecule has 4 N–H and O–H groups in total. The van der Waals surface area contributed by atoms with Crippen molar-refractivity contribution in [1.82, 2.24) is 14.6 Å². The molecule has 1 unspecified atom stereocenters. The minimum absolute atomic E-state index is 0.00672. The van der Waals surface area contributed by atoms with Gasteiger partial charge >= 0.3 is 12.0 Å². The fourth-order valence-electron chi connectivity index (χ4n) is 2.31. The minimum Gasteiger partial charge on any atom is -0.478 e. The number of hydrogen-bond acceptors (Lipinski definition) is 6. The summed E-state index contributed by atoms with van der Waals surface area (Å²) in [5.74, 6) is -1.04. The van der Waals surface area contributed by atoms with Gasteiger partial charge in [0.05, 0.1) is 6.10 Å². The number of anilines is 1. The Balaban J connectivity index is 1.60. The van der Waals surface area contributed by atoms with Gasteiger partial charge in [-0.1, -0.05) is 0 Å². The maximum Gasteiger partial charge on any atom is 0.340 e. The van der Waals surface area contributed by atoms with Gasteiger partial charge in [-0.15, -0.1) is 0 Å². The van der Waals surface area contributed by atoms with E-state index in [0.717, 1.165) is 50.4 Å². The van der Waals surface area contributed by atoms with Crippen LogP contribution in [0.25, 0.3) is 0 Å². The zero-order chi connectivity index (χ0) is 15.9. The Labute approximate surface area is 132 Å². The van der Waals surface area contributed by atoms with Crippen LogP contribution < -0.4 is 10.6 Å². The van der Waals surface area contributed by atoms with Crippen molar-refractivity contribution in [3.05, 3.63) is 10.9 Å². The van der Waals surface area contributed by atoms with Gasteiger partial charge in [0.2, 0.25) is 0 Å². The third-order valence-corrected chi connectivity index (χ3v) is 4.10. The van der Waals surface area contributed by atoms with Gasteiger partial charge in [-0.3, -0.25) is 5.32 Å². The number of unbranched alkanes of at least 4 members (excludes halogenated alkanes) is 1. The average Bonchev–Trinajstić information content (AvgIpc) is 3.07. The number of nitrogens with one attached hydrogen (secondary N) is 2. The Morgan fingerprint density at radius 2 is 2.27 bits per heavy atom. The SMILES string of the molecule is O=C(NCCCCN1CCC(O)C1)Nc1nscc1C(=O)O. The quantitative estimate of drug-likeness (QED) is 0.551. The second-order valence-corrected chi connectivity index (χ2v) is 5.84.